The second-order valence-corrected chi connectivity index (χ2v) is 4.94. The Hall–Kier alpha value is -2.58. The summed E-state index contributed by atoms with van der Waals surface area (Å²) in [6.45, 7) is -1.90. The number of benzene rings is 1. The molecule has 2 aromatic rings. The van der Waals surface area contributed by atoms with Crippen LogP contribution in [-0.2, 0) is 16.0 Å². The second-order valence-electron chi connectivity index (χ2n) is 4.94. The maximum absolute atomic E-state index is 12.0. The maximum atomic E-state index is 12.0. The third-order valence-electron chi connectivity index (χ3n) is 3.06. The molecule has 1 aromatic carbocycles. The van der Waals surface area contributed by atoms with Crippen molar-refractivity contribution in [3.05, 3.63) is 30.0 Å². The van der Waals surface area contributed by atoms with Gasteiger partial charge < -0.3 is 14.7 Å². The van der Waals surface area contributed by atoms with Gasteiger partial charge in [0.1, 0.15) is 12.2 Å². The first-order valence-corrected chi connectivity index (χ1v) is 6.67. The SMILES string of the molecule is CN(CC(=O)NCC(F)(F)F)C(=O)Cc1noc2ccccc12. The number of hydrogen-bond acceptors (Lipinski definition) is 4. The van der Waals surface area contributed by atoms with Gasteiger partial charge in [-0.3, -0.25) is 9.59 Å². The van der Waals surface area contributed by atoms with Gasteiger partial charge in [0, 0.05) is 12.4 Å². The smallest absolute Gasteiger partial charge is 0.356 e. The number of alkyl halides is 3. The topological polar surface area (TPSA) is 75.4 Å². The van der Waals surface area contributed by atoms with E-state index >= 15 is 0 Å². The Labute approximate surface area is 129 Å². The van der Waals surface area contributed by atoms with Crippen molar-refractivity contribution in [2.75, 3.05) is 20.1 Å². The lowest BCUT2D eigenvalue weighted by molar-refractivity contribution is -0.141. The molecule has 0 atom stereocenters. The number of carbonyl (C=O) groups excluding carboxylic acids is 2. The minimum Gasteiger partial charge on any atom is -0.356 e. The number of likely N-dealkylation sites (N-methyl/N-ethyl adjacent to an activating group) is 1. The van der Waals surface area contributed by atoms with Crippen molar-refractivity contribution in [2.45, 2.75) is 12.6 Å². The number of halogens is 3. The Kier molecular flexibility index (Phi) is 4.87. The number of para-hydroxylation sites is 1. The summed E-state index contributed by atoms with van der Waals surface area (Å²) in [7, 11) is 1.33. The van der Waals surface area contributed by atoms with Gasteiger partial charge >= 0.3 is 6.18 Å². The second kappa shape index (κ2) is 6.67. The largest absolute Gasteiger partial charge is 0.405 e. The van der Waals surface area contributed by atoms with Gasteiger partial charge in [0.25, 0.3) is 0 Å². The standard InChI is InChI=1S/C14H14F3N3O3/c1-20(7-12(21)18-8-14(15,16)17)13(22)6-10-9-4-2-3-5-11(9)23-19-10/h2-5H,6-8H2,1H3,(H,18,21). The first-order valence-electron chi connectivity index (χ1n) is 6.67. The van der Waals surface area contributed by atoms with Gasteiger partial charge in [-0.2, -0.15) is 13.2 Å². The van der Waals surface area contributed by atoms with E-state index in [-0.39, 0.29) is 6.42 Å². The van der Waals surface area contributed by atoms with Crippen molar-refractivity contribution in [3.63, 3.8) is 0 Å². The van der Waals surface area contributed by atoms with Crippen LogP contribution in [-0.4, -0.2) is 48.2 Å². The number of nitrogens with zero attached hydrogens (tertiary/aromatic N) is 2. The highest BCUT2D eigenvalue weighted by Crippen LogP contribution is 2.18. The number of nitrogens with one attached hydrogen (secondary N) is 1. The zero-order chi connectivity index (χ0) is 17.0. The van der Waals surface area contributed by atoms with Gasteiger partial charge in [-0.1, -0.05) is 17.3 Å². The van der Waals surface area contributed by atoms with Crippen molar-refractivity contribution >= 4 is 22.8 Å². The van der Waals surface area contributed by atoms with Crippen LogP contribution in [0.2, 0.25) is 0 Å². The van der Waals surface area contributed by atoms with Crippen LogP contribution in [0.3, 0.4) is 0 Å². The van der Waals surface area contributed by atoms with E-state index in [4.69, 9.17) is 4.52 Å². The Bertz CT molecular complexity index is 712. The van der Waals surface area contributed by atoms with Gasteiger partial charge in [0.05, 0.1) is 13.0 Å². The first-order chi connectivity index (χ1) is 10.8. The molecule has 0 saturated carbocycles. The normalized spacial score (nSPS) is 11.5. The van der Waals surface area contributed by atoms with Gasteiger partial charge in [0.2, 0.25) is 11.8 Å². The average molecular weight is 329 g/mol. The summed E-state index contributed by atoms with van der Waals surface area (Å²) in [4.78, 5) is 24.4. The fourth-order valence-electron chi connectivity index (χ4n) is 1.90. The van der Waals surface area contributed by atoms with Crippen LogP contribution in [0, 0.1) is 0 Å². The highest BCUT2D eigenvalue weighted by atomic mass is 19.4. The van der Waals surface area contributed by atoms with Gasteiger partial charge in [0.15, 0.2) is 5.58 Å². The average Bonchev–Trinajstić information content (AvgIpc) is 2.88. The highest BCUT2D eigenvalue weighted by molar-refractivity contribution is 5.88. The molecule has 1 aromatic heterocycles. The number of amides is 2. The molecule has 0 aliphatic heterocycles. The van der Waals surface area contributed by atoms with Crippen LogP contribution < -0.4 is 5.32 Å². The highest BCUT2D eigenvalue weighted by Gasteiger charge is 2.28. The summed E-state index contributed by atoms with van der Waals surface area (Å²) in [5.74, 6) is -1.34. The Morgan fingerprint density at radius 2 is 2.00 bits per heavy atom. The third kappa shape index (κ3) is 4.70. The minimum atomic E-state index is -4.49. The minimum absolute atomic E-state index is 0.111. The van der Waals surface area contributed by atoms with Crippen LogP contribution in [0.5, 0.6) is 0 Å². The summed E-state index contributed by atoms with van der Waals surface area (Å²) in [6.07, 6.45) is -4.60. The van der Waals surface area contributed by atoms with Crippen LogP contribution in [0.1, 0.15) is 5.69 Å². The molecule has 6 nitrogen and oxygen atoms in total. The number of rotatable bonds is 5. The Morgan fingerprint density at radius 1 is 1.30 bits per heavy atom. The molecule has 0 unspecified atom stereocenters. The van der Waals surface area contributed by atoms with E-state index in [2.05, 4.69) is 5.16 Å². The molecule has 0 saturated heterocycles. The van der Waals surface area contributed by atoms with E-state index < -0.39 is 31.1 Å². The predicted molar refractivity (Wildman–Crippen MR) is 74.4 cm³/mol. The Balaban J connectivity index is 1.91. The van der Waals surface area contributed by atoms with Crippen molar-refractivity contribution in [1.82, 2.24) is 15.4 Å². The molecular formula is C14H14F3N3O3. The van der Waals surface area contributed by atoms with Gasteiger partial charge in [-0.25, -0.2) is 0 Å². The summed E-state index contributed by atoms with van der Waals surface area (Å²) in [6, 6.07) is 6.97. The third-order valence-corrected chi connectivity index (χ3v) is 3.06. The molecule has 124 valence electrons. The van der Waals surface area contributed by atoms with Crippen LogP contribution in [0.4, 0.5) is 13.2 Å². The van der Waals surface area contributed by atoms with E-state index in [1.807, 2.05) is 0 Å². The Morgan fingerprint density at radius 3 is 2.70 bits per heavy atom. The first kappa shape index (κ1) is 16.8. The molecule has 23 heavy (non-hydrogen) atoms. The number of fused-ring (bicyclic) bond motifs is 1. The summed E-state index contributed by atoms with van der Waals surface area (Å²) < 4.78 is 41.1. The molecule has 0 aliphatic rings. The molecular weight excluding hydrogens is 315 g/mol. The summed E-state index contributed by atoms with van der Waals surface area (Å²) in [5.41, 5.74) is 0.939. The van der Waals surface area contributed by atoms with Crippen molar-refractivity contribution in [2.24, 2.45) is 0 Å². The molecule has 9 heteroatoms. The van der Waals surface area contributed by atoms with Crippen molar-refractivity contribution in [3.8, 4) is 0 Å². The number of aromatic nitrogens is 1. The zero-order valence-electron chi connectivity index (χ0n) is 12.2. The fourth-order valence-corrected chi connectivity index (χ4v) is 1.90. The lowest BCUT2D eigenvalue weighted by atomic mass is 10.1. The van der Waals surface area contributed by atoms with E-state index in [0.29, 0.717) is 16.7 Å². The van der Waals surface area contributed by atoms with Crippen LogP contribution >= 0.6 is 0 Å². The predicted octanol–water partition coefficient (Wildman–Crippen LogP) is 1.51. The van der Waals surface area contributed by atoms with Crippen molar-refractivity contribution in [1.29, 1.82) is 0 Å². The monoisotopic (exact) mass is 329 g/mol. The molecule has 0 radical (unpaired) electrons. The molecule has 0 aliphatic carbocycles. The van der Waals surface area contributed by atoms with Crippen LogP contribution in [0.15, 0.2) is 28.8 Å². The van der Waals surface area contributed by atoms with E-state index in [1.54, 1.807) is 29.6 Å². The molecule has 0 spiro atoms. The molecule has 2 rings (SSSR count). The quantitative estimate of drug-likeness (QED) is 0.902. The zero-order valence-corrected chi connectivity index (χ0v) is 12.2. The van der Waals surface area contributed by atoms with Crippen molar-refractivity contribution < 1.29 is 27.3 Å². The fraction of sp³-hybridized carbons (Fsp3) is 0.357. The summed E-state index contributed by atoms with van der Waals surface area (Å²) >= 11 is 0. The van der Waals surface area contributed by atoms with E-state index in [0.717, 1.165) is 4.90 Å². The lowest BCUT2D eigenvalue weighted by Gasteiger charge is -2.16. The summed E-state index contributed by atoms with van der Waals surface area (Å²) in [5, 5.41) is 6.18. The molecule has 0 fully saturated rings. The maximum Gasteiger partial charge on any atom is 0.405 e. The van der Waals surface area contributed by atoms with E-state index in [9.17, 15) is 22.8 Å². The van der Waals surface area contributed by atoms with Gasteiger partial charge in [-0.15, -0.1) is 0 Å². The number of carbonyl (C=O) groups is 2. The van der Waals surface area contributed by atoms with Crippen LogP contribution in [0.25, 0.3) is 11.0 Å². The lowest BCUT2D eigenvalue weighted by Crippen LogP contribution is -2.42. The molecule has 0 bridgehead atoms. The van der Waals surface area contributed by atoms with E-state index in [1.165, 1.54) is 7.05 Å². The number of hydrogen-bond donors (Lipinski definition) is 1. The molecule has 1 heterocycles. The molecule has 2 amide bonds. The van der Waals surface area contributed by atoms with Gasteiger partial charge in [-0.05, 0) is 12.1 Å². The molecule has 1 N–H and O–H groups in total.